The Kier molecular flexibility index (Phi) is 6.82. The van der Waals surface area contributed by atoms with Crippen LogP contribution >= 0.6 is 0 Å². The Balaban J connectivity index is 1.67. The summed E-state index contributed by atoms with van der Waals surface area (Å²) in [6, 6.07) is 14.5. The van der Waals surface area contributed by atoms with Gasteiger partial charge in [0.05, 0.1) is 0 Å². The van der Waals surface area contributed by atoms with Crippen LogP contribution in [0.1, 0.15) is 46.9 Å². The van der Waals surface area contributed by atoms with E-state index in [1.165, 1.54) is 19.4 Å². The molecule has 2 amide bonds. The highest BCUT2D eigenvalue weighted by Crippen LogP contribution is 2.24. The molecule has 0 spiro atoms. The van der Waals surface area contributed by atoms with Crippen LogP contribution in [0.5, 0.6) is 0 Å². The predicted octanol–water partition coefficient (Wildman–Crippen LogP) is 3.30. The van der Waals surface area contributed by atoms with Crippen LogP contribution in [0.15, 0.2) is 48.5 Å². The van der Waals surface area contributed by atoms with Gasteiger partial charge in [0.25, 0.3) is 5.91 Å². The van der Waals surface area contributed by atoms with Crippen molar-refractivity contribution in [3.63, 3.8) is 0 Å². The number of hydrogen-bond acceptors (Lipinski definition) is 3. The minimum Gasteiger partial charge on any atom is -0.366 e. The number of amides is 2. The van der Waals surface area contributed by atoms with E-state index in [9.17, 15) is 9.59 Å². The highest BCUT2D eigenvalue weighted by Gasteiger charge is 2.20. The second-order valence-electron chi connectivity index (χ2n) is 7.51. The fourth-order valence-electron chi connectivity index (χ4n) is 3.95. The number of primary amides is 1. The number of nitrogens with one attached hydrogen (secondary N) is 1. The fraction of sp³-hybridized carbons (Fsp3) is 0.391. The van der Waals surface area contributed by atoms with Gasteiger partial charge in [-0.3, -0.25) is 9.59 Å². The van der Waals surface area contributed by atoms with Gasteiger partial charge in [-0.25, -0.2) is 0 Å². The van der Waals surface area contributed by atoms with Crippen LogP contribution < -0.4 is 11.1 Å². The van der Waals surface area contributed by atoms with E-state index in [-0.39, 0.29) is 5.91 Å². The zero-order valence-electron chi connectivity index (χ0n) is 16.5. The van der Waals surface area contributed by atoms with Crippen LogP contribution in [0.25, 0.3) is 11.1 Å². The highest BCUT2D eigenvalue weighted by molar-refractivity contribution is 6.01. The average molecular weight is 380 g/mol. The maximum Gasteiger partial charge on any atom is 0.251 e. The van der Waals surface area contributed by atoms with Gasteiger partial charge in [0.2, 0.25) is 5.91 Å². The second kappa shape index (κ2) is 9.51. The number of hydrogen-bond donors (Lipinski definition) is 2. The molecular weight excluding hydrogens is 350 g/mol. The highest BCUT2D eigenvalue weighted by atomic mass is 16.2. The largest absolute Gasteiger partial charge is 0.366 e. The number of likely N-dealkylation sites (tertiary alicyclic amines) is 1. The molecule has 0 aliphatic carbocycles. The smallest absolute Gasteiger partial charge is 0.251 e. The minimum absolute atomic E-state index is 0.0778. The zero-order chi connectivity index (χ0) is 19.9. The van der Waals surface area contributed by atoms with Crippen LogP contribution in [-0.2, 0) is 0 Å². The van der Waals surface area contributed by atoms with Gasteiger partial charge in [-0.2, -0.15) is 0 Å². The molecule has 5 heteroatoms. The van der Waals surface area contributed by atoms with Crippen molar-refractivity contribution >= 4 is 11.8 Å². The first kappa shape index (κ1) is 20.1. The Hall–Kier alpha value is -2.66. The first-order chi connectivity index (χ1) is 13.6. The Morgan fingerprint density at radius 1 is 1.18 bits per heavy atom. The van der Waals surface area contributed by atoms with E-state index in [0.29, 0.717) is 23.6 Å². The molecule has 28 heavy (non-hydrogen) atoms. The molecule has 1 atom stereocenters. The third-order valence-electron chi connectivity index (χ3n) is 5.32. The summed E-state index contributed by atoms with van der Waals surface area (Å²) in [5, 5.41) is 3.09. The maximum atomic E-state index is 12.7. The first-order valence-corrected chi connectivity index (χ1v) is 10.1. The summed E-state index contributed by atoms with van der Waals surface area (Å²) in [7, 11) is 0. The summed E-state index contributed by atoms with van der Waals surface area (Å²) in [5.74, 6) is -0.0478. The standard InChI is InChI=1S/C23H29N3O2/c1-2-12-26-13-6-7-17(16-26)15-25-23(28)19-9-5-8-18(14-19)20-10-3-4-11-21(20)22(24)27/h3-5,8-11,14,17H,2,6-7,12-13,15-16H2,1H3,(H2,24,27)(H,25,28)/t17-/m1/s1. The number of nitrogens with two attached hydrogens (primary N) is 1. The Morgan fingerprint density at radius 2 is 2.00 bits per heavy atom. The average Bonchev–Trinajstić information content (AvgIpc) is 2.72. The molecule has 1 aliphatic heterocycles. The van der Waals surface area contributed by atoms with Crippen molar-refractivity contribution in [1.29, 1.82) is 0 Å². The van der Waals surface area contributed by atoms with Gasteiger partial charge < -0.3 is 16.0 Å². The maximum absolute atomic E-state index is 12.7. The van der Waals surface area contributed by atoms with Crippen LogP contribution in [0.3, 0.4) is 0 Å². The number of rotatable bonds is 7. The fourth-order valence-corrected chi connectivity index (χ4v) is 3.95. The lowest BCUT2D eigenvalue weighted by Gasteiger charge is -2.32. The van der Waals surface area contributed by atoms with Crippen molar-refractivity contribution in [2.24, 2.45) is 11.7 Å². The third-order valence-corrected chi connectivity index (χ3v) is 5.32. The van der Waals surface area contributed by atoms with Crippen molar-refractivity contribution in [2.45, 2.75) is 26.2 Å². The number of nitrogens with zero attached hydrogens (tertiary/aromatic N) is 1. The molecule has 0 bridgehead atoms. The molecule has 0 radical (unpaired) electrons. The molecular formula is C23H29N3O2. The monoisotopic (exact) mass is 379 g/mol. The lowest BCUT2D eigenvalue weighted by Crippen LogP contribution is -2.41. The second-order valence-corrected chi connectivity index (χ2v) is 7.51. The van der Waals surface area contributed by atoms with Crippen molar-refractivity contribution in [3.05, 3.63) is 59.7 Å². The van der Waals surface area contributed by atoms with E-state index in [0.717, 1.165) is 30.6 Å². The molecule has 2 aromatic rings. The van der Waals surface area contributed by atoms with Gasteiger partial charge in [-0.1, -0.05) is 37.3 Å². The van der Waals surface area contributed by atoms with E-state index in [2.05, 4.69) is 17.1 Å². The minimum atomic E-state index is -0.473. The number of piperidine rings is 1. The van der Waals surface area contributed by atoms with Gasteiger partial charge in [-0.15, -0.1) is 0 Å². The molecule has 0 unspecified atom stereocenters. The molecule has 2 aromatic carbocycles. The van der Waals surface area contributed by atoms with Gasteiger partial charge in [0.15, 0.2) is 0 Å². The SMILES string of the molecule is CCCN1CCC[C@H](CNC(=O)c2cccc(-c3ccccc3C(N)=O)c2)C1. The molecule has 0 saturated carbocycles. The molecule has 148 valence electrons. The predicted molar refractivity (Wildman–Crippen MR) is 112 cm³/mol. The summed E-state index contributed by atoms with van der Waals surface area (Å²) in [5.41, 5.74) is 8.10. The number of carbonyl (C=O) groups excluding carboxylic acids is 2. The molecule has 1 saturated heterocycles. The number of benzene rings is 2. The lowest BCUT2D eigenvalue weighted by molar-refractivity contribution is 0.0931. The van der Waals surface area contributed by atoms with Gasteiger partial charge in [0, 0.05) is 24.2 Å². The first-order valence-electron chi connectivity index (χ1n) is 10.1. The summed E-state index contributed by atoms with van der Waals surface area (Å²) in [6.07, 6.45) is 3.52. The van der Waals surface area contributed by atoms with Crippen molar-refractivity contribution in [1.82, 2.24) is 10.2 Å². The Bertz CT molecular complexity index is 832. The van der Waals surface area contributed by atoms with Crippen LogP contribution in [0.4, 0.5) is 0 Å². The van der Waals surface area contributed by atoms with E-state index in [1.807, 2.05) is 30.3 Å². The van der Waals surface area contributed by atoms with Gasteiger partial charge >= 0.3 is 0 Å². The molecule has 3 N–H and O–H groups in total. The molecule has 1 fully saturated rings. The molecule has 1 heterocycles. The number of carbonyl (C=O) groups is 2. The Labute approximate surface area is 166 Å². The summed E-state index contributed by atoms with van der Waals surface area (Å²) < 4.78 is 0. The van der Waals surface area contributed by atoms with E-state index >= 15 is 0 Å². The molecule has 1 aliphatic rings. The van der Waals surface area contributed by atoms with E-state index in [1.54, 1.807) is 18.2 Å². The van der Waals surface area contributed by atoms with Crippen molar-refractivity contribution in [3.8, 4) is 11.1 Å². The third kappa shape index (κ3) is 4.98. The van der Waals surface area contributed by atoms with Crippen LogP contribution in [0, 0.1) is 5.92 Å². The van der Waals surface area contributed by atoms with Crippen molar-refractivity contribution in [2.75, 3.05) is 26.2 Å². The topological polar surface area (TPSA) is 75.4 Å². The summed E-state index contributed by atoms with van der Waals surface area (Å²) >= 11 is 0. The van der Waals surface area contributed by atoms with Crippen molar-refractivity contribution < 1.29 is 9.59 Å². The van der Waals surface area contributed by atoms with Crippen LogP contribution in [0.2, 0.25) is 0 Å². The van der Waals surface area contributed by atoms with Crippen LogP contribution in [-0.4, -0.2) is 42.9 Å². The zero-order valence-corrected chi connectivity index (χ0v) is 16.5. The van der Waals surface area contributed by atoms with E-state index < -0.39 is 5.91 Å². The van der Waals surface area contributed by atoms with Gasteiger partial charge in [-0.05, 0) is 67.6 Å². The molecule has 3 rings (SSSR count). The van der Waals surface area contributed by atoms with Gasteiger partial charge in [0.1, 0.15) is 0 Å². The normalized spacial score (nSPS) is 17.2. The quantitative estimate of drug-likeness (QED) is 0.775. The summed E-state index contributed by atoms with van der Waals surface area (Å²) in [4.78, 5) is 26.9. The molecule has 5 nitrogen and oxygen atoms in total. The lowest BCUT2D eigenvalue weighted by atomic mass is 9.96. The molecule has 0 aromatic heterocycles. The van der Waals surface area contributed by atoms with E-state index in [4.69, 9.17) is 5.73 Å². The Morgan fingerprint density at radius 3 is 2.79 bits per heavy atom. The summed E-state index contributed by atoms with van der Waals surface area (Å²) in [6.45, 7) is 6.25.